The molecular weight excluding hydrogens is 194 g/mol. The molecule has 1 heteroatoms. The van der Waals surface area contributed by atoms with Crippen LogP contribution in [-0.2, 0) is 0 Å². The Balaban J connectivity index is 2.78. The van der Waals surface area contributed by atoms with Crippen molar-refractivity contribution >= 4 is 6.08 Å². The fraction of sp³-hybridized carbons (Fsp3) is 0.200. The summed E-state index contributed by atoms with van der Waals surface area (Å²) >= 11 is 0. The molecule has 0 aliphatic carbocycles. The zero-order valence-corrected chi connectivity index (χ0v) is 9.60. The van der Waals surface area contributed by atoms with E-state index in [2.05, 4.69) is 25.3 Å². The van der Waals surface area contributed by atoms with Gasteiger partial charge in [-0.15, -0.1) is 13.2 Å². The largest absolute Gasteiger partial charge is 0.321 e. The van der Waals surface area contributed by atoms with Gasteiger partial charge in [-0.1, -0.05) is 54.6 Å². The third-order valence-electron chi connectivity index (χ3n) is 2.46. The Hall–Kier alpha value is -1.60. The lowest BCUT2D eigenvalue weighted by atomic mass is 9.91. The molecule has 1 aromatic rings. The second kappa shape index (κ2) is 6.09. The topological polar surface area (TPSA) is 26.0 Å². The van der Waals surface area contributed by atoms with Crippen molar-refractivity contribution in [2.45, 2.75) is 18.4 Å². The SMILES string of the molecule is C=CCC(N)(C=Cc1ccccc1)CC=C. The number of rotatable bonds is 6. The smallest absolute Gasteiger partial charge is 0.0412 e. The van der Waals surface area contributed by atoms with Gasteiger partial charge in [0, 0.05) is 5.54 Å². The molecule has 0 aromatic heterocycles. The molecule has 0 heterocycles. The van der Waals surface area contributed by atoms with Gasteiger partial charge in [-0.25, -0.2) is 0 Å². The molecule has 0 atom stereocenters. The Bertz CT molecular complexity index is 352. The van der Waals surface area contributed by atoms with Gasteiger partial charge in [0.1, 0.15) is 0 Å². The minimum atomic E-state index is -0.362. The van der Waals surface area contributed by atoms with Crippen molar-refractivity contribution in [2.24, 2.45) is 5.73 Å². The third-order valence-corrected chi connectivity index (χ3v) is 2.46. The van der Waals surface area contributed by atoms with Crippen LogP contribution in [0, 0.1) is 0 Å². The first-order valence-electron chi connectivity index (χ1n) is 5.45. The Kier molecular flexibility index (Phi) is 4.74. The van der Waals surface area contributed by atoms with E-state index in [9.17, 15) is 0 Å². The standard InChI is InChI=1S/C15H19N/c1-3-11-15(16,12-4-2)13-10-14-8-6-5-7-9-14/h3-10,13H,1-2,11-12,16H2. The summed E-state index contributed by atoms with van der Waals surface area (Å²) in [5.74, 6) is 0. The molecule has 0 spiro atoms. The van der Waals surface area contributed by atoms with Crippen molar-refractivity contribution in [3.05, 3.63) is 67.3 Å². The molecular formula is C15H19N. The van der Waals surface area contributed by atoms with E-state index < -0.39 is 0 Å². The van der Waals surface area contributed by atoms with Crippen LogP contribution in [0.3, 0.4) is 0 Å². The minimum Gasteiger partial charge on any atom is -0.321 e. The Labute approximate surface area is 98.0 Å². The van der Waals surface area contributed by atoms with Crippen LogP contribution in [-0.4, -0.2) is 5.54 Å². The Morgan fingerprint density at radius 1 is 1.06 bits per heavy atom. The molecule has 0 aliphatic rings. The predicted octanol–water partition coefficient (Wildman–Crippen LogP) is 3.55. The Morgan fingerprint density at radius 3 is 2.12 bits per heavy atom. The van der Waals surface area contributed by atoms with E-state index in [-0.39, 0.29) is 5.54 Å². The van der Waals surface area contributed by atoms with Gasteiger partial charge in [-0.3, -0.25) is 0 Å². The summed E-state index contributed by atoms with van der Waals surface area (Å²) in [5, 5.41) is 0. The highest BCUT2D eigenvalue weighted by molar-refractivity contribution is 5.50. The number of hydrogen-bond donors (Lipinski definition) is 1. The van der Waals surface area contributed by atoms with Crippen LogP contribution in [0.1, 0.15) is 18.4 Å². The van der Waals surface area contributed by atoms with E-state index in [4.69, 9.17) is 5.73 Å². The molecule has 1 rings (SSSR count). The molecule has 1 aromatic carbocycles. The summed E-state index contributed by atoms with van der Waals surface area (Å²) in [5.41, 5.74) is 7.03. The van der Waals surface area contributed by atoms with E-state index in [0.717, 1.165) is 18.4 Å². The first-order chi connectivity index (χ1) is 7.70. The van der Waals surface area contributed by atoms with Crippen LogP contribution < -0.4 is 5.73 Å². The highest BCUT2D eigenvalue weighted by atomic mass is 14.7. The highest BCUT2D eigenvalue weighted by Crippen LogP contribution is 2.17. The van der Waals surface area contributed by atoms with Crippen LogP contribution in [0.4, 0.5) is 0 Å². The van der Waals surface area contributed by atoms with Crippen LogP contribution in [0.5, 0.6) is 0 Å². The van der Waals surface area contributed by atoms with Gasteiger partial charge in [-0.2, -0.15) is 0 Å². The maximum Gasteiger partial charge on any atom is 0.0412 e. The maximum atomic E-state index is 6.24. The van der Waals surface area contributed by atoms with Gasteiger partial charge in [0.2, 0.25) is 0 Å². The van der Waals surface area contributed by atoms with E-state index in [1.165, 1.54) is 0 Å². The molecule has 0 fully saturated rings. The molecule has 0 bridgehead atoms. The molecule has 0 saturated carbocycles. The van der Waals surface area contributed by atoms with E-state index in [1.807, 2.05) is 42.5 Å². The lowest BCUT2D eigenvalue weighted by molar-refractivity contribution is 0.546. The highest BCUT2D eigenvalue weighted by Gasteiger charge is 2.17. The van der Waals surface area contributed by atoms with Crippen molar-refractivity contribution in [3.63, 3.8) is 0 Å². The average molecular weight is 213 g/mol. The molecule has 0 radical (unpaired) electrons. The second-order valence-electron chi connectivity index (χ2n) is 3.96. The molecule has 0 unspecified atom stereocenters. The monoisotopic (exact) mass is 213 g/mol. The average Bonchev–Trinajstić information content (AvgIpc) is 2.29. The third kappa shape index (κ3) is 3.87. The van der Waals surface area contributed by atoms with Gasteiger partial charge in [0.15, 0.2) is 0 Å². The predicted molar refractivity (Wildman–Crippen MR) is 72.0 cm³/mol. The summed E-state index contributed by atoms with van der Waals surface area (Å²) < 4.78 is 0. The van der Waals surface area contributed by atoms with Gasteiger partial charge in [0.25, 0.3) is 0 Å². The fourth-order valence-corrected chi connectivity index (χ4v) is 1.58. The number of hydrogen-bond acceptors (Lipinski definition) is 1. The molecule has 1 nitrogen and oxygen atoms in total. The lowest BCUT2D eigenvalue weighted by Gasteiger charge is -2.22. The van der Waals surface area contributed by atoms with Crippen LogP contribution in [0.2, 0.25) is 0 Å². The lowest BCUT2D eigenvalue weighted by Crippen LogP contribution is -2.36. The second-order valence-corrected chi connectivity index (χ2v) is 3.96. The first kappa shape index (κ1) is 12.5. The molecule has 0 amide bonds. The first-order valence-corrected chi connectivity index (χ1v) is 5.45. The summed E-state index contributed by atoms with van der Waals surface area (Å²) in [6.45, 7) is 7.47. The van der Waals surface area contributed by atoms with E-state index in [0.29, 0.717) is 0 Å². The fourth-order valence-electron chi connectivity index (χ4n) is 1.58. The molecule has 84 valence electrons. The van der Waals surface area contributed by atoms with Gasteiger partial charge in [-0.05, 0) is 18.4 Å². The van der Waals surface area contributed by atoms with Crippen molar-refractivity contribution in [1.29, 1.82) is 0 Å². The minimum absolute atomic E-state index is 0.362. The number of nitrogens with two attached hydrogens (primary N) is 1. The maximum absolute atomic E-state index is 6.24. The van der Waals surface area contributed by atoms with Gasteiger partial charge in [0.05, 0.1) is 0 Å². The van der Waals surface area contributed by atoms with Crippen molar-refractivity contribution in [1.82, 2.24) is 0 Å². The van der Waals surface area contributed by atoms with E-state index in [1.54, 1.807) is 0 Å². The van der Waals surface area contributed by atoms with Crippen LogP contribution >= 0.6 is 0 Å². The van der Waals surface area contributed by atoms with Crippen LogP contribution in [0.25, 0.3) is 6.08 Å². The molecule has 16 heavy (non-hydrogen) atoms. The van der Waals surface area contributed by atoms with Crippen molar-refractivity contribution < 1.29 is 0 Å². The molecule has 0 saturated heterocycles. The summed E-state index contributed by atoms with van der Waals surface area (Å²) in [4.78, 5) is 0. The normalized spacial score (nSPS) is 11.6. The summed E-state index contributed by atoms with van der Waals surface area (Å²) in [6.07, 6.45) is 9.28. The molecule has 0 aliphatic heterocycles. The van der Waals surface area contributed by atoms with E-state index >= 15 is 0 Å². The quantitative estimate of drug-likeness (QED) is 0.718. The molecule has 2 N–H and O–H groups in total. The number of benzene rings is 1. The summed E-state index contributed by atoms with van der Waals surface area (Å²) in [6, 6.07) is 10.1. The Morgan fingerprint density at radius 2 is 1.62 bits per heavy atom. The zero-order valence-electron chi connectivity index (χ0n) is 9.60. The summed E-state index contributed by atoms with van der Waals surface area (Å²) in [7, 11) is 0. The van der Waals surface area contributed by atoms with Crippen LogP contribution in [0.15, 0.2) is 61.7 Å². The van der Waals surface area contributed by atoms with Crippen molar-refractivity contribution in [3.8, 4) is 0 Å². The van der Waals surface area contributed by atoms with Gasteiger partial charge < -0.3 is 5.73 Å². The van der Waals surface area contributed by atoms with Gasteiger partial charge >= 0.3 is 0 Å². The van der Waals surface area contributed by atoms with Crippen molar-refractivity contribution in [2.75, 3.05) is 0 Å². The zero-order chi connectivity index (χ0) is 11.9.